The van der Waals surface area contributed by atoms with Crippen LogP contribution in [0.15, 0.2) is 16.7 Å². The minimum atomic E-state index is 0.272. The van der Waals surface area contributed by atoms with Gasteiger partial charge in [-0.05, 0) is 37.8 Å². The van der Waals surface area contributed by atoms with Gasteiger partial charge in [0.25, 0.3) is 0 Å². The molecule has 0 amide bonds. The number of ether oxygens (including phenoxy) is 1. The molecule has 3 heteroatoms. The van der Waals surface area contributed by atoms with Gasteiger partial charge in [0.2, 0.25) is 0 Å². The topological polar surface area (TPSA) is 34.4 Å². The molecule has 3 nitrogen and oxygen atoms in total. The summed E-state index contributed by atoms with van der Waals surface area (Å²) in [5.74, 6) is 1.10. The second-order valence-corrected chi connectivity index (χ2v) is 4.55. The minimum Gasteiger partial charge on any atom is -0.467 e. The zero-order chi connectivity index (χ0) is 10.3. The van der Waals surface area contributed by atoms with E-state index in [1.807, 2.05) is 0 Å². The van der Waals surface area contributed by atoms with E-state index in [9.17, 15) is 0 Å². The van der Waals surface area contributed by atoms with Gasteiger partial charge in [-0.15, -0.1) is 0 Å². The number of hydrogen-bond acceptors (Lipinski definition) is 3. The van der Waals surface area contributed by atoms with E-state index in [2.05, 4.69) is 18.3 Å². The molecular formula is C12H17NO2. The molecule has 3 unspecified atom stereocenters. The normalized spacial score (nSPS) is 35.4. The van der Waals surface area contributed by atoms with Gasteiger partial charge < -0.3 is 14.5 Å². The monoisotopic (exact) mass is 207 g/mol. The summed E-state index contributed by atoms with van der Waals surface area (Å²) in [6.45, 7) is 3.18. The Morgan fingerprint density at radius 3 is 3.13 bits per heavy atom. The number of hydrogen-bond donors (Lipinski definition) is 1. The maximum atomic E-state index is 5.90. The van der Waals surface area contributed by atoms with Crippen LogP contribution in [-0.2, 0) is 11.2 Å². The van der Waals surface area contributed by atoms with Crippen molar-refractivity contribution in [2.75, 3.05) is 6.54 Å². The van der Waals surface area contributed by atoms with Crippen molar-refractivity contribution in [1.29, 1.82) is 0 Å². The smallest absolute Gasteiger partial charge is 0.126 e. The quantitative estimate of drug-likeness (QED) is 0.765. The van der Waals surface area contributed by atoms with Crippen molar-refractivity contribution in [2.45, 2.75) is 44.4 Å². The number of furan rings is 1. The first kappa shape index (κ1) is 9.43. The average Bonchev–Trinajstić information content (AvgIpc) is 2.84. The maximum Gasteiger partial charge on any atom is 0.126 e. The molecule has 0 aliphatic carbocycles. The molecule has 2 aliphatic rings. The Labute approximate surface area is 89.8 Å². The Hall–Kier alpha value is -0.800. The summed E-state index contributed by atoms with van der Waals surface area (Å²) in [7, 11) is 0. The highest BCUT2D eigenvalue weighted by atomic mass is 16.5. The molecule has 0 aromatic carbocycles. The number of rotatable bonds is 1. The van der Waals surface area contributed by atoms with Crippen LogP contribution in [0.3, 0.4) is 0 Å². The molecule has 1 fully saturated rings. The second kappa shape index (κ2) is 3.65. The minimum absolute atomic E-state index is 0.272. The van der Waals surface area contributed by atoms with Crippen LogP contribution >= 0.6 is 0 Å². The molecule has 82 valence electrons. The number of nitrogens with one attached hydrogen (secondary N) is 1. The van der Waals surface area contributed by atoms with E-state index in [1.165, 1.54) is 12.0 Å². The molecule has 0 radical (unpaired) electrons. The summed E-state index contributed by atoms with van der Waals surface area (Å²) in [6, 6.07) is 2.36. The van der Waals surface area contributed by atoms with Gasteiger partial charge in [0.15, 0.2) is 0 Å². The van der Waals surface area contributed by atoms with Crippen LogP contribution in [0.2, 0.25) is 0 Å². The van der Waals surface area contributed by atoms with E-state index in [0.29, 0.717) is 12.2 Å². The Balaban J connectivity index is 1.83. The Morgan fingerprint density at radius 1 is 1.40 bits per heavy atom. The summed E-state index contributed by atoms with van der Waals surface area (Å²) in [5.41, 5.74) is 1.35. The van der Waals surface area contributed by atoms with Gasteiger partial charge >= 0.3 is 0 Å². The molecular weight excluding hydrogens is 190 g/mol. The first-order valence-corrected chi connectivity index (χ1v) is 5.79. The van der Waals surface area contributed by atoms with Gasteiger partial charge in [-0.3, -0.25) is 0 Å². The Kier molecular flexibility index (Phi) is 2.29. The van der Waals surface area contributed by atoms with Crippen molar-refractivity contribution < 1.29 is 9.15 Å². The zero-order valence-corrected chi connectivity index (χ0v) is 9.03. The third-order valence-corrected chi connectivity index (χ3v) is 3.46. The fourth-order valence-electron chi connectivity index (χ4n) is 2.66. The van der Waals surface area contributed by atoms with Crippen molar-refractivity contribution in [3.63, 3.8) is 0 Å². The zero-order valence-electron chi connectivity index (χ0n) is 9.03. The molecule has 1 saturated heterocycles. The lowest BCUT2D eigenvalue weighted by molar-refractivity contribution is 0.0249. The summed E-state index contributed by atoms with van der Waals surface area (Å²) >= 11 is 0. The molecule has 0 spiro atoms. The SMILES string of the molecule is CC1CCC(C2NCCc3ccoc32)O1. The molecule has 2 aliphatic heterocycles. The highest BCUT2D eigenvalue weighted by Gasteiger charge is 2.35. The lowest BCUT2D eigenvalue weighted by atomic mass is 9.97. The first-order chi connectivity index (χ1) is 7.34. The fraction of sp³-hybridized carbons (Fsp3) is 0.667. The molecule has 3 heterocycles. The van der Waals surface area contributed by atoms with Crippen LogP contribution in [0.5, 0.6) is 0 Å². The largest absolute Gasteiger partial charge is 0.467 e. The lowest BCUT2D eigenvalue weighted by Gasteiger charge is -2.27. The molecule has 0 bridgehead atoms. The van der Waals surface area contributed by atoms with Gasteiger partial charge in [-0.2, -0.15) is 0 Å². The van der Waals surface area contributed by atoms with Gasteiger partial charge in [-0.1, -0.05) is 0 Å². The maximum absolute atomic E-state index is 5.90. The molecule has 3 rings (SSSR count). The van der Waals surface area contributed by atoms with E-state index >= 15 is 0 Å². The van der Waals surface area contributed by atoms with E-state index in [0.717, 1.165) is 25.1 Å². The van der Waals surface area contributed by atoms with Crippen molar-refractivity contribution >= 4 is 0 Å². The fourth-order valence-corrected chi connectivity index (χ4v) is 2.66. The highest BCUT2D eigenvalue weighted by molar-refractivity contribution is 5.24. The van der Waals surface area contributed by atoms with Crippen molar-refractivity contribution in [3.05, 3.63) is 23.7 Å². The molecule has 15 heavy (non-hydrogen) atoms. The molecule has 1 N–H and O–H groups in total. The van der Waals surface area contributed by atoms with Gasteiger partial charge in [0, 0.05) is 6.54 Å². The summed E-state index contributed by atoms with van der Waals surface area (Å²) in [6.07, 6.45) is 5.87. The van der Waals surface area contributed by atoms with E-state index in [1.54, 1.807) is 6.26 Å². The summed E-state index contributed by atoms with van der Waals surface area (Å²) in [4.78, 5) is 0. The highest BCUT2D eigenvalue weighted by Crippen LogP contribution is 2.34. The lowest BCUT2D eigenvalue weighted by Crippen LogP contribution is -2.37. The van der Waals surface area contributed by atoms with Crippen LogP contribution in [-0.4, -0.2) is 18.8 Å². The Morgan fingerprint density at radius 2 is 2.33 bits per heavy atom. The first-order valence-electron chi connectivity index (χ1n) is 5.79. The standard InChI is InChI=1S/C12H17NO2/c1-8-2-3-10(15-8)11-12-9(4-6-13-11)5-7-14-12/h5,7-8,10-11,13H,2-4,6H2,1H3. The predicted molar refractivity (Wildman–Crippen MR) is 56.7 cm³/mol. The van der Waals surface area contributed by atoms with E-state index < -0.39 is 0 Å². The predicted octanol–water partition coefficient (Wildman–Crippen LogP) is 2.03. The third-order valence-electron chi connectivity index (χ3n) is 3.46. The van der Waals surface area contributed by atoms with Crippen molar-refractivity contribution in [1.82, 2.24) is 5.32 Å². The molecule has 1 aromatic rings. The summed E-state index contributed by atoms with van der Waals surface area (Å²) in [5, 5.41) is 3.51. The van der Waals surface area contributed by atoms with Gasteiger partial charge in [-0.25, -0.2) is 0 Å². The van der Waals surface area contributed by atoms with Crippen molar-refractivity contribution in [3.8, 4) is 0 Å². The van der Waals surface area contributed by atoms with E-state index in [4.69, 9.17) is 9.15 Å². The average molecular weight is 207 g/mol. The molecule has 0 saturated carbocycles. The van der Waals surface area contributed by atoms with Crippen LogP contribution in [0, 0.1) is 0 Å². The van der Waals surface area contributed by atoms with Crippen LogP contribution < -0.4 is 5.32 Å². The van der Waals surface area contributed by atoms with Crippen molar-refractivity contribution in [2.24, 2.45) is 0 Å². The second-order valence-electron chi connectivity index (χ2n) is 4.55. The number of fused-ring (bicyclic) bond motifs is 1. The Bertz CT molecular complexity index is 347. The summed E-state index contributed by atoms with van der Waals surface area (Å²) < 4.78 is 11.5. The van der Waals surface area contributed by atoms with Crippen LogP contribution in [0.1, 0.15) is 37.1 Å². The van der Waals surface area contributed by atoms with Crippen LogP contribution in [0.25, 0.3) is 0 Å². The van der Waals surface area contributed by atoms with Crippen LogP contribution in [0.4, 0.5) is 0 Å². The van der Waals surface area contributed by atoms with Gasteiger partial charge in [0.05, 0.1) is 24.5 Å². The van der Waals surface area contributed by atoms with E-state index in [-0.39, 0.29) is 6.04 Å². The molecule has 1 aromatic heterocycles. The van der Waals surface area contributed by atoms with Gasteiger partial charge in [0.1, 0.15) is 5.76 Å². The molecule has 3 atom stereocenters. The third kappa shape index (κ3) is 1.60.